The first kappa shape index (κ1) is 22.3. The molecule has 174 valence electrons. The van der Waals surface area contributed by atoms with Crippen LogP contribution in [0.2, 0.25) is 0 Å². The first-order valence-electron chi connectivity index (χ1n) is 11.6. The van der Waals surface area contributed by atoms with E-state index < -0.39 is 0 Å². The zero-order chi connectivity index (χ0) is 24.0. The maximum Gasteiger partial charge on any atom is 0.272 e. The smallest absolute Gasteiger partial charge is 0.272 e. The molecule has 2 N–H and O–H groups in total. The van der Waals surface area contributed by atoms with Crippen LogP contribution in [0.15, 0.2) is 91.1 Å². The highest BCUT2D eigenvalue weighted by Crippen LogP contribution is 2.23. The molecular formula is C28H26N6O. The third kappa shape index (κ3) is 5.35. The lowest BCUT2D eigenvalue weighted by atomic mass is 10.2. The molecule has 7 nitrogen and oxygen atoms in total. The number of carbonyl (C=O) groups is 1. The zero-order valence-corrected chi connectivity index (χ0v) is 19.5. The van der Waals surface area contributed by atoms with Gasteiger partial charge in [-0.05, 0) is 48.9 Å². The molecule has 0 bridgehead atoms. The summed E-state index contributed by atoms with van der Waals surface area (Å²) in [6.07, 6.45) is 2.40. The molecule has 0 aliphatic heterocycles. The van der Waals surface area contributed by atoms with Gasteiger partial charge in [0.25, 0.3) is 5.91 Å². The maximum atomic E-state index is 13.1. The molecule has 0 saturated heterocycles. The fourth-order valence-electron chi connectivity index (χ4n) is 3.87. The number of amides is 1. The molecule has 0 radical (unpaired) electrons. The molecule has 0 aliphatic rings. The van der Waals surface area contributed by atoms with Crippen molar-refractivity contribution in [3.05, 3.63) is 114 Å². The molecule has 5 aromatic rings. The second-order valence-electron chi connectivity index (χ2n) is 8.38. The van der Waals surface area contributed by atoms with Gasteiger partial charge in [-0.2, -0.15) is 5.10 Å². The normalized spacial score (nSPS) is 10.9. The van der Waals surface area contributed by atoms with Crippen molar-refractivity contribution >= 4 is 28.4 Å². The summed E-state index contributed by atoms with van der Waals surface area (Å²) in [5.74, 6) is 0.469. The Bertz CT molecular complexity index is 1430. The van der Waals surface area contributed by atoms with E-state index in [1.807, 2.05) is 84.9 Å². The lowest BCUT2D eigenvalue weighted by Gasteiger charge is -2.07. The molecule has 1 amide bonds. The Kier molecular flexibility index (Phi) is 6.48. The SMILES string of the molecule is Cc1ccc(Nc2ccc3c(C(=O)NCCc4ccccn4)nn(Cc4ccccc4)c3n2)cc1. The van der Waals surface area contributed by atoms with Gasteiger partial charge in [-0.25, -0.2) is 9.67 Å². The standard InChI is InChI=1S/C28H26N6O/c1-20-10-12-23(13-11-20)31-25-15-14-24-26(28(35)30-18-16-22-9-5-6-17-29-22)33-34(27(24)32-25)19-21-7-3-2-4-8-21/h2-15,17H,16,18-19H2,1H3,(H,30,35)(H,31,32). The van der Waals surface area contributed by atoms with E-state index in [0.717, 1.165) is 16.9 Å². The summed E-state index contributed by atoms with van der Waals surface area (Å²) in [6, 6.07) is 27.7. The molecule has 0 aliphatic carbocycles. The van der Waals surface area contributed by atoms with Crippen LogP contribution in [-0.2, 0) is 13.0 Å². The van der Waals surface area contributed by atoms with Gasteiger partial charge in [-0.1, -0.05) is 54.1 Å². The number of hydrogen-bond donors (Lipinski definition) is 2. The molecule has 0 spiro atoms. The average molecular weight is 463 g/mol. The van der Waals surface area contributed by atoms with Crippen molar-refractivity contribution in [3.8, 4) is 0 Å². The molecule has 0 fully saturated rings. The van der Waals surface area contributed by atoms with Gasteiger partial charge in [0, 0.05) is 30.5 Å². The predicted molar refractivity (Wildman–Crippen MR) is 138 cm³/mol. The monoisotopic (exact) mass is 462 g/mol. The quantitative estimate of drug-likeness (QED) is 0.343. The largest absolute Gasteiger partial charge is 0.350 e. The number of hydrogen-bond acceptors (Lipinski definition) is 5. The Morgan fingerprint density at radius 3 is 2.49 bits per heavy atom. The van der Waals surface area contributed by atoms with Crippen LogP contribution in [0.5, 0.6) is 0 Å². The number of anilines is 2. The van der Waals surface area contributed by atoms with Gasteiger partial charge in [0.2, 0.25) is 0 Å². The van der Waals surface area contributed by atoms with E-state index in [4.69, 9.17) is 4.98 Å². The van der Waals surface area contributed by atoms with Crippen LogP contribution in [0.3, 0.4) is 0 Å². The zero-order valence-electron chi connectivity index (χ0n) is 19.5. The Hall–Kier alpha value is -4.52. The number of aryl methyl sites for hydroxylation is 1. The van der Waals surface area contributed by atoms with Gasteiger partial charge in [0.05, 0.1) is 11.9 Å². The second kappa shape index (κ2) is 10.2. The molecule has 7 heteroatoms. The third-order valence-corrected chi connectivity index (χ3v) is 5.70. The van der Waals surface area contributed by atoms with E-state index in [2.05, 4.69) is 27.6 Å². The molecule has 5 rings (SSSR count). The molecule has 3 aromatic heterocycles. The molecule has 3 heterocycles. The summed E-state index contributed by atoms with van der Waals surface area (Å²) in [7, 11) is 0. The van der Waals surface area contributed by atoms with Crippen LogP contribution >= 0.6 is 0 Å². The van der Waals surface area contributed by atoms with Gasteiger partial charge in [-0.3, -0.25) is 9.78 Å². The lowest BCUT2D eigenvalue weighted by molar-refractivity contribution is 0.0950. The summed E-state index contributed by atoms with van der Waals surface area (Å²) >= 11 is 0. The van der Waals surface area contributed by atoms with Gasteiger partial charge < -0.3 is 10.6 Å². The number of rotatable bonds is 8. The maximum absolute atomic E-state index is 13.1. The van der Waals surface area contributed by atoms with Crippen LogP contribution in [0.25, 0.3) is 11.0 Å². The number of aromatic nitrogens is 4. The van der Waals surface area contributed by atoms with E-state index in [1.54, 1.807) is 10.9 Å². The summed E-state index contributed by atoms with van der Waals surface area (Å²) in [5.41, 5.74) is 5.17. The van der Waals surface area contributed by atoms with Crippen molar-refractivity contribution in [3.63, 3.8) is 0 Å². The molecular weight excluding hydrogens is 436 g/mol. The van der Waals surface area contributed by atoms with Crippen LogP contribution < -0.4 is 10.6 Å². The number of carbonyl (C=O) groups excluding carboxylic acids is 1. The highest BCUT2D eigenvalue weighted by atomic mass is 16.1. The van der Waals surface area contributed by atoms with E-state index in [0.29, 0.717) is 42.1 Å². The Balaban J connectivity index is 1.42. The van der Waals surface area contributed by atoms with Gasteiger partial charge in [0.1, 0.15) is 5.82 Å². The molecule has 0 unspecified atom stereocenters. The van der Waals surface area contributed by atoms with E-state index >= 15 is 0 Å². The first-order chi connectivity index (χ1) is 17.2. The van der Waals surface area contributed by atoms with Crippen LogP contribution in [0.1, 0.15) is 27.3 Å². The van der Waals surface area contributed by atoms with Crippen molar-refractivity contribution in [2.24, 2.45) is 0 Å². The van der Waals surface area contributed by atoms with Crippen LogP contribution in [0.4, 0.5) is 11.5 Å². The number of nitrogens with zero attached hydrogens (tertiary/aromatic N) is 4. The summed E-state index contributed by atoms with van der Waals surface area (Å²) < 4.78 is 1.79. The minimum Gasteiger partial charge on any atom is -0.350 e. The third-order valence-electron chi connectivity index (χ3n) is 5.70. The van der Waals surface area contributed by atoms with Gasteiger partial charge in [-0.15, -0.1) is 0 Å². The lowest BCUT2D eigenvalue weighted by Crippen LogP contribution is -2.26. The first-order valence-corrected chi connectivity index (χ1v) is 11.6. The van der Waals surface area contributed by atoms with Crippen molar-refractivity contribution in [1.29, 1.82) is 0 Å². The summed E-state index contributed by atoms with van der Waals surface area (Å²) in [6.45, 7) is 3.04. The minimum absolute atomic E-state index is 0.223. The summed E-state index contributed by atoms with van der Waals surface area (Å²) in [5, 5.41) is 11.7. The van der Waals surface area contributed by atoms with E-state index in [-0.39, 0.29) is 5.91 Å². The average Bonchev–Trinajstić information content (AvgIpc) is 3.24. The fourth-order valence-corrected chi connectivity index (χ4v) is 3.87. The number of pyridine rings is 2. The Morgan fingerprint density at radius 1 is 0.914 bits per heavy atom. The van der Waals surface area contributed by atoms with Crippen LogP contribution in [0, 0.1) is 6.92 Å². The van der Waals surface area contributed by atoms with Gasteiger partial charge in [0.15, 0.2) is 11.3 Å². The predicted octanol–water partition coefficient (Wildman–Crippen LogP) is 4.90. The molecule has 0 atom stereocenters. The van der Waals surface area contributed by atoms with E-state index in [1.165, 1.54) is 5.56 Å². The number of nitrogens with one attached hydrogen (secondary N) is 2. The number of benzene rings is 2. The van der Waals surface area contributed by atoms with Gasteiger partial charge >= 0.3 is 0 Å². The second-order valence-corrected chi connectivity index (χ2v) is 8.38. The fraction of sp³-hybridized carbons (Fsp3) is 0.143. The van der Waals surface area contributed by atoms with Crippen LogP contribution in [-0.4, -0.2) is 32.2 Å². The van der Waals surface area contributed by atoms with Crippen molar-refractivity contribution < 1.29 is 4.79 Å². The Morgan fingerprint density at radius 2 is 1.71 bits per heavy atom. The summed E-state index contributed by atoms with van der Waals surface area (Å²) in [4.78, 5) is 22.2. The Labute approximate surface area is 203 Å². The highest BCUT2D eigenvalue weighted by Gasteiger charge is 2.19. The highest BCUT2D eigenvalue weighted by molar-refractivity contribution is 6.04. The topological polar surface area (TPSA) is 84.7 Å². The minimum atomic E-state index is -0.223. The number of fused-ring (bicyclic) bond motifs is 1. The van der Waals surface area contributed by atoms with Crippen molar-refractivity contribution in [2.45, 2.75) is 19.9 Å². The molecule has 2 aromatic carbocycles. The van der Waals surface area contributed by atoms with E-state index in [9.17, 15) is 4.79 Å². The van der Waals surface area contributed by atoms with Crippen molar-refractivity contribution in [1.82, 2.24) is 25.1 Å². The molecule has 0 saturated carbocycles. The molecule has 35 heavy (non-hydrogen) atoms. The van der Waals surface area contributed by atoms with Crippen molar-refractivity contribution in [2.75, 3.05) is 11.9 Å².